The number of fused-ring (bicyclic) bond motifs is 1. The first-order valence-electron chi connectivity index (χ1n) is 11.3. The number of nitrogens with zero attached hydrogens (tertiary/aromatic N) is 2. The lowest BCUT2D eigenvalue weighted by atomic mass is 9.96. The van der Waals surface area contributed by atoms with Crippen molar-refractivity contribution in [2.45, 2.75) is 31.7 Å². The Bertz CT molecular complexity index is 895. The number of aryl methyl sites for hydroxylation is 1. The van der Waals surface area contributed by atoms with E-state index in [0.29, 0.717) is 18.0 Å². The fraction of sp³-hybridized carbons (Fsp3) is 0.480. The maximum Gasteiger partial charge on any atom is 0.258 e. The normalized spacial score (nSPS) is 17.2. The third-order valence-corrected chi connectivity index (χ3v) is 6.32. The van der Waals surface area contributed by atoms with Crippen molar-refractivity contribution < 1.29 is 14.3 Å². The highest BCUT2D eigenvalue weighted by atomic mass is 16.5. The maximum atomic E-state index is 12.5. The monoisotopic (exact) mass is 423 g/mol. The van der Waals surface area contributed by atoms with Gasteiger partial charge in [-0.15, -0.1) is 0 Å². The third kappa shape index (κ3) is 5.31. The molecular formula is C25H33N3O3. The summed E-state index contributed by atoms with van der Waals surface area (Å²) in [4.78, 5) is 17.3. The van der Waals surface area contributed by atoms with Gasteiger partial charge in [0.05, 0.1) is 13.2 Å². The molecule has 0 aromatic heterocycles. The zero-order chi connectivity index (χ0) is 21.6. The van der Waals surface area contributed by atoms with E-state index in [1.54, 1.807) is 13.2 Å². The Morgan fingerprint density at radius 2 is 1.87 bits per heavy atom. The van der Waals surface area contributed by atoms with Crippen LogP contribution in [0.3, 0.4) is 0 Å². The lowest BCUT2D eigenvalue weighted by molar-refractivity contribution is -0.123. The second-order valence-corrected chi connectivity index (χ2v) is 8.44. The Hall–Kier alpha value is -2.73. The number of hydrogen-bond donors (Lipinski definition) is 1. The van der Waals surface area contributed by atoms with Gasteiger partial charge in [0.15, 0.2) is 6.61 Å². The summed E-state index contributed by atoms with van der Waals surface area (Å²) in [6.45, 7) is 3.87. The first kappa shape index (κ1) is 21.5. The van der Waals surface area contributed by atoms with Crippen LogP contribution in [0, 0.1) is 0 Å². The van der Waals surface area contributed by atoms with E-state index in [4.69, 9.17) is 9.47 Å². The van der Waals surface area contributed by atoms with E-state index in [9.17, 15) is 4.79 Å². The molecule has 4 rings (SSSR count). The minimum absolute atomic E-state index is 0.00509. The second-order valence-electron chi connectivity index (χ2n) is 8.44. The summed E-state index contributed by atoms with van der Waals surface area (Å²) < 4.78 is 10.9. The molecule has 2 aromatic rings. The van der Waals surface area contributed by atoms with Crippen molar-refractivity contribution in [3.05, 3.63) is 53.6 Å². The van der Waals surface area contributed by atoms with Crippen LogP contribution in [0.1, 0.15) is 36.4 Å². The molecule has 0 saturated carbocycles. The molecule has 0 aliphatic carbocycles. The molecule has 6 nitrogen and oxygen atoms in total. The number of carbonyl (C=O) groups is 1. The number of ether oxygens (including phenoxy) is 2. The topological polar surface area (TPSA) is 54.0 Å². The van der Waals surface area contributed by atoms with Gasteiger partial charge >= 0.3 is 0 Å². The molecule has 1 fully saturated rings. The van der Waals surface area contributed by atoms with Crippen molar-refractivity contribution in [2.24, 2.45) is 0 Å². The molecule has 166 valence electrons. The predicted octanol–water partition coefficient (Wildman–Crippen LogP) is 3.41. The Labute approximate surface area is 185 Å². The molecule has 2 aliphatic rings. The van der Waals surface area contributed by atoms with Crippen LogP contribution in [0.25, 0.3) is 0 Å². The molecule has 0 bridgehead atoms. The summed E-state index contributed by atoms with van der Waals surface area (Å²) in [5, 5.41) is 3.10. The van der Waals surface area contributed by atoms with Crippen LogP contribution in [0.5, 0.6) is 11.5 Å². The number of amides is 1. The molecule has 0 radical (unpaired) electrons. The van der Waals surface area contributed by atoms with E-state index in [1.807, 2.05) is 18.2 Å². The van der Waals surface area contributed by atoms with E-state index < -0.39 is 0 Å². The van der Waals surface area contributed by atoms with Crippen LogP contribution >= 0.6 is 0 Å². The van der Waals surface area contributed by atoms with Crippen molar-refractivity contribution in [2.75, 3.05) is 51.8 Å². The number of benzene rings is 2. The van der Waals surface area contributed by atoms with E-state index in [0.717, 1.165) is 26.1 Å². The SMILES string of the molecule is COc1cccc(OCC(=O)NC[C@H](c2ccc3c(c2)CCCN3C)N2CCCC2)c1. The average molecular weight is 424 g/mol. The quantitative estimate of drug-likeness (QED) is 0.705. The number of rotatable bonds is 8. The molecule has 1 atom stereocenters. The van der Waals surface area contributed by atoms with Gasteiger partial charge in [-0.1, -0.05) is 18.2 Å². The van der Waals surface area contributed by atoms with Crippen LogP contribution in [-0.2, 0) is 11.2 Å². The molecule has 0 spiro atoms. The fourth-order valence-electron chi connectivity index (χ4n) is 4.62. The standard InChI is InChI=1S/C25H33N3O3/c1-27-12-6-7-19-15-20(10-11-23(19)27)24(28-13-3-4-14-28)17-26-25(29)18-31-22-9-5-8-21(16-22)30-2/h5,8-11,15-16,24H,3-4,6-7,12-14,17-18H2,1-2H3,(H,26,29)/t24-/m1/s1. The highest BCUT2D eigenvalue weighted by Crippen LogP contribution is 2.31. The van der Waals surface area contributed by atoms with Gasteiger partial charge in [0.1, 0.15) is 11.5 Å². The van der Waals surface area contributed by atoms with Gasteiger partial charge in [-0.25, -0.2) is 0 Å². The number of carbonyl (C=O) groups excluding carboxylic acids is 1. The number of hydrogen-bond acceptors (Lipinski definition) is 5. The summed E-state index contributed by atoms with van der Waals surface area (Å²) in [5.41, 5.74) is 4.05. The Kier molecular flexibility index (Phi) is 6.97. The Morgan fingerprint density at radius 3 is 2.68 bits per heavy atom. The summed E-state index contributed by atoms with van der Waals surface area (Å²) in [6, 6.07) is 14.3. The minimum Gasteiger partial charge on any atom is -0.497 e. The lowest BCUT2D eigenvalue weighted by Gasteiger charge is -2.32. The molecule has 2 heterocycles. The van der Waals surface area contributed by atoms with Crippen LogP contribution in [-0.4, -0.2) is 57.8 Å². The lowest BCUT2D eigenvalue weighted by Crippen LogP contribution is -2.38. The molecule has 1 amide bonds. The van der Waals surface area contributed by atoms with Crippen molar-refractivity contribution in [3.63, 3.8) is 0 Å². The van der Waals surface area contributed by atoms with Crippen LogP contribution in [0.15, 0.2) is 42.5 Å². The van der Waals surface area contributed by atoms with Crippen LogP contribution in [0.4, 0.5) is 5.69 Å². The first-order valence-corrected chi connectivity index (χ1v) is 11.3. The fourth-order valence-corrected chi connectivity index (χ4v) is 4.62. The van der Waals surface area contributed by atoms with E-state index >= 15 is 0 Å². The van der Waals surface area contributed by atoms with E-state index in [1.165, 1.54) is 36.1 Å². The van der Waals surface area contributed by atoms with Gasteiger partial charge in [0.2, 0.25) is 0 Å². The van der Waals surface area contributed by atoms with Gasteiger partial charge in [-0.05, 0) is 68.1 Å². The van der Waals surface area contributed by atoms with E-state index in [-0.39, 0.29) is 18.6 Å². The first-order chi connectivity index (χ1) is 15.1. The molecule has 1 saturated heterocycles. The molecule has 2 aromatic carbocycles. The van der Waals surface area contributed by atoms with Gasteiger partial charge in [-0.3, -0.25) is 9.69 Å². The smallest absolute Gasteiger partial charge is 0.258 e. The largest absolute Gasteiger partial charge is 0.497 e. The van der Waals surface area contributed by atoms with Crippen molar-refractivity contribution >= 4 is 11.6 Å². The van der Waals surface area contributed by atoms with Crippen LogP contribution < -0.4 is 19.7 Å². The zero-order valence-corrected chi connectivity index (χ0v) is 18.6. The van der Waals surface area contributed by atoms with Gasteiger partial charge in [0.25, 0.3) is 5.91 Å². The van der Waals surface area contributed by atoms with Gasteiger partial charge in [-0.2, -0.15) is 0 Å². The van der Waals surface area contributed by atoms with Crippen molar-refractivity contribution in [1.82, 2.24) is 10.2 Å². The molecule has 2 aliphatic heterocycles. The van der Waals surface area contributed by atoms with Crippen LogP contribution in [0.2, 0.25) is 0 Å². The number of nitrogens with one attached hydrogen (secondary N) is 1. The molecular weight excluding hydrogens is 390 g/mol. The zero-order valence-electron chi connectivity index (χ0n) is 18.6. The maximum absolute atomic E-state index is 12.5. The number of anilines is 1. The Morgan fingerprint density at radius 1 is 1.06 bits per heavy atom. The molecule has 1 N–H and O–H groups in total. The van der Waals surface area contributed by atoms with E-state index in [2.05, 4.69) is 40.4 Å². The van der Waals surface area contributed by atoms with Gasteiger partial charge < -0.3 is 19.7 Å². The third-order valence-electron chi connectivity index (χ3n) is 6.32. The second kappa shape index (κ2) is 10.1. The summed E-state index contributed by atoms with van der Waals surface area (Å²) in [6.07, 6.45) is 4.76. The Balaban J connectivity index is 1.40. The number of methoxy groups -OCH3 is 1. The van der Waals surface area contributed by atoms with Crippen molar-refractivity contribution in [3.8, 4) is 11.5 Å². The summed E-state index contributed by atoms with van der Waals surface area (Å²) in [7, 11) is 3.78. The summed E-state index contributed by atoms with van der Waals surface area (Å²) >= 11 is 0. The summed E-state index contributed by atoms with van der Waals surface area (Å²) in [5.74, 6) is 1.24. The molecule has 6 heteroatoms. The highest BCUT2D eigenvalue weighted by molar-refractivity contribution is 5.77. The number of likely N-dealkylation sites (tertiary alicyclic amines) is 1. The minimum atomic E-state index is -0.107. The van der Waals surface area contributed by atoms with Crippen molar-refractivity contribution in [1.29, 1.82) is 0 Å². The highest BCUT2D eigenvalue weighted by Gasteiger charge is 2.25. The van der Waals surface area contributed by atoms with Gasteiger partial charge in [0, 0.05) is 31.9 Å². The average Bonchev–Trinajstić information content (AvgIpc) is 3.33. The predicted molar refractivity (Wildman–Crippen MR) is 123 cm³/mol. The molecule has 0 unspecified atom stereocenters. The molecule has 31 heavy (non-hydrogen) atoms.